The van der Waals surface area contributed by atoms with Crippen LogP contribution in [-0.2, 0) is 6.54 Å². The minimum Gasteiger partial charge on any atom is -0.250 e. The van der Waals surface area contributed by atoms with Crippen molar-refractivity contribution in [2.75, 3.05) is 0 Å². The van der Waals surface area contributed by atoms with E-state index in [9.17, 15) is 4.79 Å². The Morgan fingerprint density at radius 1 is 1.31 bits per heavy atom. The van der Waals surface area contributed by atoms with Crippen LogP contribution < -0.4 is 5.69 Å². The molecule has 0 bridgehead atoms. The van der Waals surface area contributed by atoms with E-state index in [0.717, 1.165) is 5.69 Å². The van der Waals surface area contributed by atoms with Crippen LogP contribution in [0.1, 0.15) is 0 Å². The lowest BCUT2D eigenvalue weighted by molar-refractivity contribution is 0.679. The lowest BCUT2D eigenvalue weighted by atomic mass is 10.3. The predicted octanol–water partition coefficient (Wildman–Crippen LogP) is 1.43. The summed E-state index contributed by atoms with van der Waals surface area (Å²) in [7, 11) is 0. The molecule has 0 atom stereocenters. The number of benzene rings is 1. The van der Waals surface area contributed by atoms with Crippen molar-refractivity contribution in [1.82, 2.24) is 14.3 Å². The smallest absolute Gasteiger partial charge is 0.250 e. The van der Waals surface area contributed by atoms with Crippen molar-refractivity contribution in [2.24, 2.45) is 0 Å². The molecule has 1 heterocycles. The van der Waals surface area contributed by atoms with E-state index < -0.39 is 0 Å². The highest BCUT2D eigenvalue weighted by Gasteiger charge is 2.04. The van der Waals surface area contributed by atoms with E-state index in [0.29, 0.717) is 6.54 Å². The second-order valence-electron chi connectivity index (χ2n) is 3.05. The molecule has 0 aliphatic heterocycles. The number of hydrogen-bond acceptors (Lipinski definition) is 2. The summed E-state index contributed by atoms with van der Waals surface area (Å²) < 4.78 is 5.53. The fourth-order valence-corrected chi connectivity index (χ4v) is 1.49. The molecule has 2 rings (SSSR count). The van der Waals surface area contributed by atoms with Crippen molar-refractivity contribution >= 4 is 22.6 Å². The van der Waals surface area contributed by atoms with Crippen LogP contribution in [0.4, 0.5) is 0 Å². The molecule has 4 nitrogen and oxygen atoms in total. The molecule has 0 aliphatic rings. The fourth-order valence-electron chi connectivity index (χ4n) is 1.32. The molecular weight excluding hydrogens is 317 g/mol. The molecular formula is C11H8IN3O. The average Bonchev–Trinajstić information content (AvgIpc) is 2.69. The first-order chi connectivity index (χ1) is 7.83. The van der Waals surface area contributed by atoms with Crippen LogP contribution in [0.25, 0.3) is 5.69 Å². The molecule has 80 valence electrons. The molecule has 0 saturated carbocycles. The largest absolute Gasteiger partial charge is 0.351 e. The Bertz CT molecular complexity index is 589. The van der Waals surface area contributed by atoms with Gasteiger partial charge in [-0.3, -0.25) is 0 Å². The number of aromatic nitrogens is 3. The van der Waals surface area contributed by atoms with Crippen LogP contribution >= 0.6 is 22.6 Å². The zero-order chi connectivity index (χ0) is 11.4. The summed E-state index contributed by atoms with van der Waals surface area (Å²) in [4.78, 5) is 11.9. The van der Waals surface area contributed by atoms with Gasteiger partial charge >= 0.3 is 5.69 Å². The fraction of sp³-hybridized carbons (Fsp3) is 0.0909. The van der Waals surface area contributed by atoms with Crippen molar-refractivity contribution < 1.29 is 0 Å². The highest BCUT2D eigenvalue weighted by atomic mass is 127. The summed E-state index contributed by atoms with van der Waals surface area (Å²) in [5.41, 5.74) is 0.631. The maximum Gasteiger partial charge on any atom is 0.351 e. The van der Waals surface area contributed by atoms with E-state index >= 15 is 0 Å². The summed E-state index contributed by atoms with van der Waals surface area (Å²) in [5.74, 6) is 2.79. The standard InChI is InChI=1S/C11H8IN3O/c12-7-4-8-15-11(16)14(9-13-15)10-5-2-1-3-6-10/h1-3,5-6,9H,8H2. The summed E-state index contributed by atoms with van der Waals surface area (Å²) in [6, 6.07) is 9.38. The number of hydrogen-bond donors (Lipinski definition) is 0. The SMILES string of the molecule is O=c1n(-c2ccccc2)cnn1CC#CI. The van der Waals surface area contributed by atoms with E-state index in [1.807, 2.05) is 52.9 Å². The molecule has 0 N–H and O–H groups in total. The van der Waals surface area contributed by atoms with Crippen LogP contribution in [0, 0.1) is 9.85 Å². The number of halogens is 1. The van der Waals surface area contributed by atoms with Crippen molar-refractivity contribution in [2.45, 2.75) is 6.54 Å². The molecule has 0 fully saturated rings. The van der Waals surface area contributed by atoms with Gasteiger partial charge in [-0.2, -0.15) is 5.10 Å². The highest BCUT2D eigenvalue weighted by molar-refractivity contribution is 14.1. The first-order valence-electron chi connectivity index (χ1n) is 4.61. The van der Waals surface area contributed by atoms with Crippen molar-refractivity contribution in [3.63, 3.8) is 0 Å². The van der Waals surface area contributed by atoms with Gasteiger partial charge < -0.3 is 0 Å². The quantitative estimate of drug-likeness (QED) is 0.619. The summed E-state index contributed by atoms with van der Waals surface area (Å²) in [6.07, 6.45) is 1.51. The zero-order valence-electron chi connectivity index (χ0n) is 8.30. The molecule has 1 aromatic heterocycles. The lowest BCUT2D eigenvalue weighted by Crippen LogP contribution is -2.23. The third-order valence-electron chi connectivity index (χ3n) is 2.06. The van der Waals surface area contributed by atoms with Gasteiger partial charge in [-0.1, -0.05) is 24.1 Å². The molecule has 5 heteroatoms. The number of nitrogens with zero attached hydrogens (tertiary/aromatic N) is 3. The molecule has 0 aliphatic carbocycles. The van der Waals surface area contributed by atoms with Gasteiger partial charge in [0.15, 0.2) is 0 Å². The van der Waals surface area contributed by atoms with Crippen LogP contribution in [0.3, 0.4) is 0 Å². The summed E-state index contributed by atoms with van der Waals surface area (Å²) in [5, 5.41) is 3.99. The molecule has 0 amide bonds. The topological polar surface area (TPSA) is 39.8 Å². The Labute approximate surface area is 106 Å². The second-order valence-corrected chi connectivity index (χ2v) is 3.59. The summed E-state index contributed by atoms with van der Waals surface area (Å²) in [6.45, 7) is 0.321. The predicted molar refractivity (Wildman–Crippen MR) is 69.6 cm³/mol. The van der Waals surface area contributed by atoms with Gasteiger partial charge in [0.05, 0.1) is 5.69 Å². The molecule has 16 heavy (non-hydrogen) atoms. The van der Waals surface area contributed by atoms with Gasteiger partial charge in [0, 0.05) is 22.6 Å². The normalized spacial score (nSPS) is 9.56. The van der Waals surface area contributed by atoms with Gasteiger partial charge in [0.1, 0.15) is 12.9 Å². The first-order valence-corrected chi connectivity index (χ1v) is 5.69. The number of para-hydroxylation sites is 1. The maximum absolute atomic E-state index is 11.9. The lowest BCUT2D eigenvalue weighted by Gasteiger charge is -1.97. The molecule has 0 spiro atoms. The first kappa shape index (κ1) is 11.0. The highest BCUT2D eigenvalue weighted by Crippen LogP contribution is 2.01. The van der Waals surface area contributed by atoms with Gasteiger partial charge in [-0.25, -0.2) is 14.0 Å². The average molecular weight is 325 g/mol. The molecule has 2 aromatic rings. The molecule has 1 aromatic carbocycles. The molecule has 0 unspecified atom stereocenters. The Morgan fingerprint density at radius 2 is 2.06 bits per heavy atom. The van der Waals surface area contributed by atoms with Crippen LogP contribution in [0.15, 0.2) is 41.5 Å². The van der Waals surface area contributed by atoms with Gasteiger partial charge in [0.25, 0.3) is 0 Å². The summed E-state index contributed by atoms with van der Waals surface area (Å²) >= 11 is 1.93. The third kappa shape index (κ3) is 2.17. The second kappa shape index (κ2) is 4.99. The Balaban J connectivity index is 2.40. The van der Waals surface area contributed by atoms with Crippen LogP contribution in [0.5, 0.6) is 0 Å². The van der Waals surface area contributed by atoms with Crippen molar-refractivity contribution in [1.29, 1.82) is 0 Å². The van der Waals surface area contributed by atoms with Crippen molar-refractivity contribution in [3.8, 4) is 15.5 Å². The van der Waals surface area contributed by atoms with E-state index in [-0.39, 0.29) is 5.69 Å². The van der Waals surface area contributed by atoms with Crippen LogP contribution in [-0.4, -0.2) is 14.3 Å². The minimum atomic E-state index is -0.176. The Morgan fingerprint density at radius 3 is 2.75 bits per heavy atom. The zero-order valence-corrected chi connectivity index (χ0v) is 10.5. The molecule has 0 radical (unpaired) electrons. The van der Waals surface area contributed by atoms with E-state index in [4.69, 9.17) is 0 Å². The third-order valence-corrected chi connectivity index (χ3v) is 2.44. The monoisotopic (exact) mass is 325 g/mol. The van der Waals surface area contributed by atoms with E-state index in [1.54, 1.807) is 0 Å². The van der Waals surface area contributed by atoms with Gasteiger partial charge in [-0.15, -0.1) is 0 Å². The minimum absolute atomic E-state index is 0.176. The van der Waals surface area contributed by atoms with Crippen molar-refractivity contribution in [3.05, 3.63) is 47.1 Å². The maximum atomic E-state index is 11.9. The Kier molecular flexibility index (Phi) is 3.41. The van der Waals surface area contributed by atoms with E-state index in [2.05, 4.69) is 14.9 Å². The Hall–Kier alpha value is -1.55. The van der Waals surface area contributed by atoms with Crippen LogP contribution in [0.2, 0.25) is 0 Å². The van der Waals surface area contributed by atoms with Gasteiger partial charge in [-0.05, 0) is 16.1 Å². The molecule has 0 saturated heterocycles. The van der Waals surface area contributed by atoms with Gasteiger partial charge in [0.2, 0.25) is 0 Å². The van der Waals surface area contributed by atoms with E-state index in [1.165, 1.54) is 15.6 Å². The number of rotatable bonds is 2.